The second kappa shape index (κ2) is 7.48. The minimum absolute atomic E-state index is 0.507. The Balaban J connectivity index is 2.48. The average Bonchev–Trinajstić information content (AvgIpc) is 2.57. The Morgan fingerprint density at radius 1 is 1.23 bits per heavy atom. The number of rotatable bonds is 7. The molecule has 0 saturated carbocycles. The standard InChI is InChI=1S/C16H20N4O2/c1-21-14-7-12-13(8-15(14)22-2)20-10-11(9-18)16(12)19-6-4-3-5-17/h7-8,10H,3-6,17H2,1-2H3,(H,19,20). The van der Waals surface area contributed by atoms with E-state index in [0.29, 0.717) is 23.6 Å². The van der Waals surface area contributed by atoms with Gasteiger partial charge in [-0.15, -0.1) is 0 Å². The molecule has 0 radical (unpaired) electrons. The van der Waals surface area contributed by atoms with E-state index in [1.165, 1.54) is 0 Å². The number of fused-ring (bicyclic) bond motifs is 1. The van der Waals surface area contributed by atoms with Crippen LogP contribution in [-0.4, -0.2) is 32.3 Å². The van der Waals surface area contributed by atoms with Crippen LogP contribution in [0, 0.1) is 11.3 Å². The van der Waals surface area contributed by atoms with E-state index in [1.807, 2.05) is 6.07 Å². The number of hydrogen-bond acceptors (Lipinski definition) is 6. The molecule has 1 aromatic carbocycles. The first kappa shape index (κ1) is 15.9. The first-order valence-electron chi connectivity index (χ1n) is 7.14. The van der Waals surface area contributed by atoms with Gasteiger partial charge in [0.25, 0.3) is 0 Å². The number of benzene rings is 1. The van der Waals surface area contributed by atoms with E-state index in [0.717, 1.165) is 36.0 Å². The summed E-state index contributed by atoms with van der Waals surface area (Å²) in [6.45, 7) is 1.41. The molecule has 22 heavy (non-hydrogen) atoms. The second-order valence-electron chi connectivity index (χ2n) is 4.81. The number of pyridine rings is 1. The summed E-state index contributed by atoms with van der Waals surface area (Å²) in [6.07, 6.45) is 3.45. The Bertz CT molecular complexity index is 695. The monoisotopic (exact) mass is 300 g/mol. The average molecular weight is 300 g/mol. The van der Waals surface area contributed by atoms with Gasteiger partial charge in [-0.25, -0.2) is 0 Å². The third kappa shape index (κ3) is 3.21. The van der Waals surface area contributed by atoms with Crippen LogP contribution in [0.15, 0.2) is 18.3 Å². The van der Waals surface area contributed by atoms with Crippen LogP contribution in [0.4, 0.5) is 5.69 Å². The van der Waals surface area contributed by atoms with Crippen LogP contribution in [0.25, 0.3) is 10.9 Å². The molecular formula is C16H20N4O2. The van der Waals surface area contributed by atoms with E-state index >= 15 is 0 Å². The van der Waals surface area contributed by atoms with E-state index in [2.05, 4.69) is 16.4 Å². The molecule has 6 nitrogen and oxygen atoms in total. The zero-order chi connectivity index (χ0) is 15.9. The number of anilines is 1. The lowest BCUT2D eigenvalue weighted by Gasteiger charge is -2.14. The summed E-state index contributed by atoms with van der Waals surface area (Å²) in [6, 6.07) is 5.82. The molecule has 6 heteroatoms. The first-order chi connectivity index (χ1) is 10.7. The number of nitriles is 1. The van der Waals surface area contributed by atoms with Gasteiger partial charge in [0.05, 0.1) is 31.0 Å². The molecule has 0 aliphatic carbocycles. The smallest absolute Gasteiger partial charge is 0.162 e. The van der Waals surface area contributed by atoms with Crippen molar-refractivity contribution in [3.63, 3.8) is 0 Å². The molecule has 2 aromatic rings. The van der Waals surface area contributed by atoms with Gasteiger partial charge < -0.3 is 20.5 Å². The van der Waals surface area contributed by atoms with Gasteiger partial charge in [0.1, 0.15) is 6.07 Å². The fraction of sp³-hybridized carbons (Fsp3) is 0.375. The van der Waals surface area contributed by atoms with Gasteiger partial charge in [0.15, 0.2) is 11.5 Å². The van der Waals surface area contributed by atoms with Crippen molar-refractivity contribution in [3.05, 3.63) is 23.9 Å². The number of nitrogens with two attached hydrogens (primary N) is 1. The first-order valence-corrected chi connectivity index (χ1v) is 7.14. The highest BCUT2D eigenvalue weighted by molar-refractivity contribution is 5.96. The Kier molecular flexibility index (Phi) is 5.39. The normalized spacial score (nSPS) is 10.3. The lowest BCUT2D eigenvalue weighted by molar-refractivity contribution is 0.356. The summed E-state index contributed by atoms with van der Waals surface area (Å²) >= 11 is 0. The zero-order valence-electron chi connectivity index (χ0n) is 12.8. The number of hydrogen-bond donors (Lipinski definition) is 2. The van der Waals surface area contributed by atoms with Crippen molar-refractivity contribution in [1.29, 1.82) is 5.26 Å². The SMILES string of the molecule is COc1cc2ncc(C#N)c(NCCCCN)c2cc1OC. The Morgan fingerprint density at radius 3 is 2.59 bits per heavy atom. The van der Waals surface area contributed by atoms with Crippen molar-refractivity contribution in [3.8, 4) is 17.6 Å². The van der Waals surface area contributed by atoms with Crippen molar-refractivity contribution >= 4 is 16.6 Å². The summed E-state index contributed by atoms with van der Waals surface area (Å²) in [5.41, 5.74) is 7.53. The number of ether oxygens (including phenoxy) is 2. The Morgan fingerprint density at radius 2 is 1.95 bits per heavy atom. The van der Waals surface area contributed by atoms with E-state index < -0.39 is 0 Å². The molecule has 0 spiro atoms. The molecule has 1 aromatic heterocycles. The molecule has 0 atom stereocenters. The van der Waals surface area contributed by atoms with Crippen LogP contribution in [0.2, 0.25) is 0 Å². The highest BCUT2D eigenvalue weighted by atomic mass is 16.5. The number of methoxy groups -OCH3 is 2. The van der Waals surface area contributed by atoms with Crippen LogP contribution in [0.1, 0.15) is 18.4 Å². The van der Waals surface area contributed by atoms with Crippen LogP contribution < -0.4 is 20.5 Å². The van der Waals surface area contributed by atoms with Crippen LogP contribution >= 0.6 is 0 Å². The summed E-state index contributed by atoms with van der Waals surface area (Å²) < 4.78 is 10.6. The molecule has 0 saturated heterocycles. The molecule has 3 N–H and O–H groups in total. The van der Waals surface area contributed by atoms with Crippen LogP contribution in [0.3, 0.4) is 0 Å². The summed E-state index contributed by atoms with van der Waals surface area (Å²) in [7, 11) is 3.17. The Hall–Kier alpha value is -2.52. The molecule has 2 rings (SSSR count). The summed E-state index contributed by atoms with van der Waals surface area (Å²) in [4.78, 5) is 4.32. The predicted octanol–water partition coefficient (Wildman–Crippen LogP) is 2.27. The highest BCUT2D eigenvalue weighted by Crippen LogP contribution is 2.35. The topological polar surface area (TPSA) is 93.2 Å². The lowest BCUT2D eigenvalue weighted by atomic mass is 10.1. The number of nitrogens with one attached hydrogen (secondary N) is 1. The maximum absolute atomic E-state index is 9.30. The van der Waals surface area contributed by atoms with Gasteiger partial charge in [-0.2, -0.15) is 5.26 Å². The maximum Gasteiger partial charge on any atom is 0.162 e. The third-order valence-electron chi connectivity index (χ3n) is 3.43. The van der Waals surface area contributed by atoms with Crippen LogP contribution in [0.5, 0.6) is 11.5 Å². The van der Waals surface area contributed by atoms with Gasteiger partial charge in [0, 0.05) is 24.2 Å². The number of unbranched alkanes of at least 4 members (excludes halogenated alkanes) is 1. The molecule has 0 unspecified atom stereocenters. The van der Waals surface area contributed by atoms with Gasteiger partial charge in [0.2, 0.25) is 0 Å². The van der Waals surface area contributed by atoms with Crippen molar-refractivity contribution in [2.24, 2.45) is 5.73 Å². The lowest BCUT2D eigenvalue weighted by Crippen LogP contribution is -2.07. The van der Waals surface area contributed by atoms with E-state index in [-0.39, 0.29) is 0 Å². The number of aromatic nitrogens is 1. The fourth-order valence-corrected chi connectivity index (χ4v) is 2.28. The predicted molar refractivity (Wildman–Crippen MR) is 86.3 cm³/mol. The van der Waals surface area contributed by atoms with E-state index in [1.54, 1.807) is 26.5 Å². The molecule has 116 valence electrons. The van der Waals surface area contributed by atoms with Crippen molar-refractivity contribution in [2.45, 2.75) is 12.8 Å². The molecule has 0 bridgehead atoms. The van der Waals surface area contributed by atoms with Crippen molar-refractivity contribution in [2.75, 3.05) is 32.6 Å². The van der Waals surface area contributed by atoms with Crippen molar-refractivity contribution < 1.29 is 9.47 Å². The van der Waals surface area contributed by atoms with Gasteiger partial charge in [-0.3, -0.25) is 4.98 Å². The maximum atomic E-state index is 9.30. The minimum Gasteiger partial charge on any atom is -0.493 e. The molecule has 0 amide bonds. The molecule has 1 heterocycles. The minimum atomic E-state index is 0.507. The third-order valence-corrected chi connectivity index (χ3v) is 3.43. The molecule has 0 aliphatic rings. The van der Waals surface area contributed by atoms with Gasteiger partial charge in [-0.1, -0.05) is 0 Å². The zero-order valence-corrected chi connectivity index (χ0v) is 12.8. The summed E-state index contributed by atoms with van der Waals surface area (Å²) in [5, 5.41) is 13.5. The summed E-state index contributed by atoms with van der Waals surface area (Å²) in [5.74, 6) is 1.22. The van der Waals surface area contributed by atoms with E-state index in [9.17, 15) is 5.26 Å². The molecule has 0 fully saturated rings. The van der Waals surface area contributed by atoms with Gasteiger partial charge >= 0.3 is 0 Å². The fourth-order valence-electron chi connectivity index (χ4n) is 2.28. The molecule has 0 aliphatic heterocycles. The largest absolute Gasteiger partial charge is 0.493 e. The van der Waals surface area contributed by atoms with E-state index in [4.69, 9.17) is 15.2 Å². The quantitative estimate of drug-likeness (QED) is 0.762. The second-order valence-corrected chi connectivity index (χ2v) is 4.81. The molecular weight excluding hydrogens is 280 g/mol. The van der Waals surface area contributed by atoms with Crippen LogP contribution in [-0.2, 0) is 0 Å². The Labute approximate surface area is 129 Å². The number of nitrogens with zero attached hydrogens (tertiary/aromatic N) is 2. The van der Waals surface area contributed by atoms with Crippen molar-refractivity contribution in [1.82, 2.24) is 4.98 Å². The highest BCUT2D eigenvalue weighted by Gasteiger charge is 2.13. The van der Waals surface area contributed by atoms with Gasteiger partial charge in [-0.05, 0) is 25.5 Å².